The number of alkyl halides is 1. The van der Waals surface area contributed by atoms with Crippen LogP contribution in [0.2, 0.25) is 0 Å². The van der Waals surface area contributed by atoms with Crippen molar-refractivity contribution in [1.29, 1.82) is 5.26 Å². The Morgan fingerprint density at radius 3 is 3.00 bits per heavy atom. The van der Waals surface area contributed by atoms with Gasteiger partial charge in [0.05, 0.1) is 4.92 Å². The molecule has 0 saturated carbocycles. The third-order valence-corrected chi connectivity index (χ3v) is 2.90. The van der Waals surface area contributed by atoms with E-state index in [0.717, 1.165) is 0 Å². The molecule has 1 aromatic heterocycles. The summed E-state index contributed by atoms with van der Waals surface area (Å²) in [5.74, 6) is 0.893. The summed E-state index contributed by atoms with van der Waals surface area (Å²) in [5.41, 5.74) is -0.220. The highest BCUT2D eigenvalue weighted by molar-refractivity contribution is 7.99. The molecule has 7 heteroatoms. The van der Waals surface area contributed by atoms with Crippen LogP contribution in [0.4, 0.5) is 5.69 Å². The number of nitrogens with zero attached hydrogens (tertiary/aromatic N) is 3. The van der Waals surface area contributed by atoms with Crippen LogP contribution in [0.15, 0.2) is 17.3 Å². The first-order valence-corrected chi connectivity index (χ1v) is 5.45. The van der Waals surface area contributed by atoms with Crippen LogP contribution < -0.4 is 0 Å². The summed E-state index contributed by atoms with van der Waals surface area (Å²) in [6.45, 7) is 0. The molecule has 0 aromatic carbocycles. The van der Waals surface area contributed by atoms with E-state index in [9.17, 15) is 10.1 Å². The zero-order valence-electron chi connectivity index (χ0n) is 7.51. The Balaban J connectivity index is 3.15. The quantitative estimate of drug-likeness (QED) is 0.350. The van der Waals surface area contributed by atoms with E-state index < -0.39 is 4.92 Å². The van der Waals surface area contributed by atoms with Gasteiger partial charge in [-0.2, -0.15) is 5.26 Å². The molecule has 0 aliphatic carbocycles. The normalized spacial score (nSPS) is 9.60. The molecule has 0 saturated heterocycles. The standard InChI is InChI=1S/C8H6ClN3O2S/c9-2-4-15-8-7(12(13)14)6(5-10)1-3-11-8/h1,3H,2,4H2. The van der Waals surface area contributed by atoms with E-state index in [2.05, 4.69) is 4.98 Å². The molecule has 0 fully saturated rings. The molecule has 0 radical (unpaired) electrons. The molecule has 0 amide bonds. The van der Waals surface area contributed by atoms with E-state index in [4.69, 9.17) is 16.9 Å². The number of rotatable bonds is 4. The van der Waals surface area contributed by atoms with Crippen molar-refractivity contribution < 1.29 is 4.92 Å². The molecule has 0 atom stereocenters. The summed E-state index contributed by atoms with van der Waals surface area (Å²) >= 11 is 6.64. The van der Waals surface area contributed by atoms with Crippen LogP contribution in [-0.4, -0.2) is 21.5 Å². The van der Waals surface area contributed by atoms with Gasteiger partial charge in [-0.15, -0.1) is 11.6 Å². The number of nitro groups is 1. The molecule has 0 aliphatic heterocycles. The Bertz CT molecular complexity index is 419. The fraction of sp³-hybridized carbons (Fsp3) is 0.250. The van der Waals surface area contributed by atoms with Crippen LogP contribution in [0.5, 0.6) is 0 Å². The van der Waals surface area contributed by atoms with Gasteiger partial charge in [0, 0.05) is 17.8 Å². The lowest BCUT2D eigenvalue weighted by atomic mass is 10.2. The van der Waals surface area contributed by atoms with Crippen molar-refractivity contribution in [1.82, 2.24) is 4.98 Å². The van der Waals surface area contributed by atoms with Crippen molar-refractivity contribution in [3.63, 3.8) is 0 Å². The summed E-state index contributed by atoms with van der Waals surface area (Å²) in [7, 11) is 0. The second-order valence-corrected chi connectivity index (χ2v) is 3.88. The molecule has 0 aliphatic rings. The second-order valence-electron chi connectivity index (χ2n) is 2.42. The fourth-order valence-electron chi connectivity index (χ4n) is 0.942. The van der Waals surface area contributed by atoms with Crippen LogP contribution in [0.1, 0.15) is 5.56 Å². The minimum atomic E-state index is -0.595. The van der Waals surface area contributed by atoms with E-state index in [1.165, 1.54) is 24.0 Å². The molecule has 0 spiro atoms. The van der Waals surface area contributed by atoms with Crippen LogP contribution in [0.25, 0.3) is 0 Å². The fourth-order valence-corrected chi connectivity index (χ4v) is 1.90. The van der Waals surface area contributed by atoms with Gasteiger partial charge in [-0.1, -0.05) is 11.8 Å². The van der Waals surface area contributed by atoms with Crippen molar-refractivity contribution >= 4 is 29.1 Å². The van der Waals surface area contributed by atoms with Crippen LogP contribution >= 0.6 is 23.4 Å². The molecule has 78 valence electrons. The molecule has 0 N–H and O–H groups in total. The van der Waals surface area contributed by atoms with Gasteiger partial charge in [0.25, 0.3) is 0 Å². The van der Waals surface area contributed by atoms with E-state index >= 15 is 0 Å². The first-order valence-electron chi connectivity index (χ1n) is 3.93. The topological polar surface area (TPSA) is 79.8 Å². The Hall–Kier alpha value is -1.32. The third kappa shape index (κ3) is 2.81. The van der Waals surface area contributed by atoms with E-state index in [-0.39, 0.29) is 16.3 Å². The lowest BCUT2D eigenvalue weighted by Crippen LogP contribution is -1.97. The largest absolute Gasteiger partial charge is 0.318 e. The molecule has 1 heterocycles. The zero-order valence-corrected chi connectivity index (χ0v) is 9.09. The van der Waals surface area contributed by atoms with E-state index in [0.29, 0.717) is 11.6 Å². The molecular weight excluding hydrogens is 238 g/mol. The number of hydrogen-bond acceptors (Lipinski definition) is 5. The Labute approximate surface area is 95.2 Å². The van der Waals surface area contributed by atoms with Crippen molar-refractivity contribution in [2.45, 2.75) is 5.03 Å². The Morgan fingerprint density at radius 2 is 2.47 bits per heavy atom. The summed E-state index contributed by atoms with van der Waals surface area (Å²) in [6.07, 6.45) is 1.38. The van der Waals surface area contributed by atoms with Gasteiger partial charge >= 0.3 is 5.69 Å². The molecule has 0 unspecified atom stereocenters. The van der Waals surface area contributed by atoms with Gasteiger partial charge in [-0.25, -0.2) is 4.98 Å². The number of thioether (sulfide) groups is 1. The number of pyridine rings is 1. The monoisotopic (exact) mass is 243 g/mol. The smallest absolute Gasteiger partial charge is 0.258 e. The Morgan fingerprint density at radius 1 is 1.73 bits per heavy atom. The molecular formula is C8H6ClN3O2S. The predicted molar refractivity (Wildman–Crippen MR) is 57.1 cm³/mol. The van der Waals surface area contributed by atoms with Crippen molar-refractivity contribution in [2.75, 3.05) is 11.6 Å². The number of halogens is 1. The van der Waals surface area contributed by atoms with Gasteiger partial charge in [0.2, 0.25) is 0 Å². The second kappa shape index (κ2) is 5.53. The minimum absolute atomic E-state index is 0.0204. The van der Waals surface area contributed by atoms with Crippen molar-refractivity contribution in [2.24, 2.45) is 0 Å². The van der Waals surface area contributed by atoms with Crippen LogP contribution in [0.3, 0.4) is 0 Å². The lowest BCUT2D eigenvalue weighted by molar-refractivity contribution is -0.388. The summed E-state index contributed by atoms with van der Waals surface area (Å²) in [6, 6.07) is 3.09. The van der Waals surface area contributed by atoms with Gasteiger partial charge in [0.15, 0.2) is 5.03 Å². The number of hydrogen-bond donors (Lipinski definition) is 0. The zero-order chi connectivity index (χ0) is 11.3. The average Bonchev–Trinajstić information content (AvgIpc) is 2.25. The summed E-state index contributed by atoms with van der Waals surface area (Å²) < 4.78 is 0. The minimum Gasteiger partial charge on any atom is -0.258 e. The van der Waals surface area contributed by atoms with E-state index in [1.54, 1.807) is 6.07 Å². The van der Waals surface area contributed by atoms with Gasteiger partial charge in [-0.3, -0.25) is 10.1 Å². The third-order valence-electron chi connectivity index (χ3n) is 1.51. The van der Waals surface area contributed by atoms with Crippen LogP contribution in [-0.2, 0) is 0 Å². The van der Waals surface area contributed by atoms with Crippen molar-refractivity contribution in [3.8, 4) is 6.07 Å². The molecule has 1 aromatic rings. The first kappa shape index (κ1) is 11.8. The van der Waals surface area contributed by atoms with Gasteiger partial charge < -0.3 is 0 Å². The molecule has 0 bridgehead atoms. The molecule has 1 rings (SSSR count). The summed E-state index contributed by atoms with van der Waals surface area (Å²) in [5, 5.41) is 19.7. The molecule has 15 heavy (non-hydrogen) atoms. The SMILES string of the molecule is N#Cc1ccnc(SCCCl)c1[N+](=O)[O-]. The Kier molecular flexibility index (Phi) is 4.34. The highest BCUT2D eigenvalue weighted by Crippen LogP contribution is 2.29. The first-order chi connectivity index (χ1) is 7.20. The van der Waals surface area contributed by atoms with E-state index in [1.807, 2.05) is 0 Å². The number of aromatic nitrogens is 1. The highest BCUT2D eigenvalue weighted by atomic mass is 35.5. The highest BCUT2D eigenvalue weighted by Gasteiger charge is 2.20. The predicted octanol–water partition coefficient (Wildman–Crippen LogP) is 2.19. The molecule has 5 nitrogen and oxygen atoms in total. The average molecular weight is 244 g/mol. The maximum atomic E-state index is 10.7. The van der Waals surface area contributed by atoms with Crippen molar-refractivity contribution in [3.05, 3.63) is 27.9 Å². The maximum absolute atomic E-state index is 10.7. The maximum Gasteiger partial charge on any atom is 0.318 e. The van der Waals surface area contributed by atoms with Gasteiger partial charge in [-0.05, 0) is 6.07 Å². The number of nitriles is 1. The van der Waals surface area contributed by atoms with Gasteiger partial charge in [0.1, 0.15) is 11.6 Å². The summed E-state index contributed by atoms with van der Waals surface area (Å²) in [4.78, 5) is 14.0. The van der Waals surface area contributed by atoms with Crippen LogP contribution in [0, 0.1) is 21.4 Å². The lowest BCUT2D eigenvalue weighted by Gasteiger charge is -2.00.